The SMILES string of the molecule is CC1(C)c2cc(N(c3ccc4ccccc4c3)c3ccc4c(c3)oc3ccccc34)ccc2-c2cc3ccccc3cc21. The number of nitrogens with zero attached hydrogens (tertiary/aromatic N) is 1. The predicted octanol–water partition coefficient (Wildman–Crippen LogP) is 11.7. The molecule has 1 aliphatic rings. The third-order valence-corrected chi connectivity index (χ3v) is 9.40. The van der Waals surface area contributed by atoms with Gasteiger partial charge in [-0.2, -0.15) is 0 Å². The predicted molar refractivity (Wildman–Crippen MR) is 181 cm³/mol. The van der Waals surface area contributed by atoms with Gasteiger partial charge in [0, 0.05) is 39.3 Å². The maximum atomic E-state index is 6.35. The fourth-order valence-electron chi connectivity index (χ4n) is 7.17. The third kappa shape index (κ3) is 3.60. The molecule has 0 unspecified atom stereocenters. The molecule has 1 aromatic heterocycles. The van der Waals surface area contributed by atoms with Crippen molar-refractivity contribution in [3.63, 3.8) is 0 Å². The first-order chi connectivity index (χ1) is 21.0. The molecule has 9 rings (SSSR count). The fraction of sp³-hybridized carbons (Fsp3) is 0.0732. The van der Waals surface area contributed by atoms with Gasteiger partial charge in [-0.3, -0.25) is 0 Å². The number of rotatable bonds is 3. The van der Waals surface area contributed by atoms with Crippen molar-refractivity contribution in [2.45, 2.75) is 19.3 Å². The Hall–Kier alpha value is -5.34. The smallest absolute Gasteiger partial charge is 0.137 e. The second-order valence-electron chi connectivity index (χ2n) is 12.2. The van der Waals surface area contributed by atoms with Gasteiger partial charge < -0.3 is 9.32 Å². The standard InChI is InChI=1S/C41H29NO/c1-41(2)37-23-29-12-6-5-11-28(29)22-36(37)33-19-17-31(24-38(33)41)42(30-16-15-26-9-3-4-10-27(26)21-30)32-18-20-35-34-13-7-8-14-39(34)43-40(35)25-32/h3-25H,1-2H3. The molecule has 8 aromatic rings. The van der Waals surface area contributed by atoms with Crippen LogP contribution in [-0.4, -0.2) is 0 Å². The maximum absolute atomic E-state index is 6.35. The van der Waals surface area contributed by atoms with E-state index in [0.29, 0.717) is 0 Å². The summed E-state index contributed by atoms with van der Waals surface area (Å²) in [4.78, 5) is 2.37. The minimum absolute atomic E-state index is 0.123. The zero-order chi connectivity index (χ0) is 28.7. The second-order valence-corrected chi connectivity index (χ2v) is 12.2. The quantitative estimate of drug-likeness (QED) is 0.217. The first-order valence-corrected chi connectivity index (χ1v) is 14.9. The van der Waals surface area contributed by atoms with Gasteiger partial charge in [-0.1, -0.05) is 92.7 Å². The highest BCUT2D eigenvalue weighted by Gasteiger charge is 2.36. The molecule has 0 bridgehead atoms. The molecular formula is C41H29NO. The van der Waals surface area contributed by atoms with E-state index in [9.17, 15) is 0 Å². The minimum Gasteiger partial charge on any atom is -0.456 e. The van der Waals surface area contributed by atoms with Gasteiger partial charge in [0.15, 0.2) is 0 Å². The molecule has 204 valence electrons. The third-order valence-electron chi connectivity index (χ3n) is 9.40. The highest BCUT2D eigenvalue weighted by Crippen LogP contribution is 2.52. The summed E-state index contributed by atoms with van der Waals surface area (Å²) in [5.41, 5.74) is 10.4. The van der Waals surface area contributed by atoms with Crippen molar-refractivity contribution in [3.8, 4) is 11.1 Å². The Balaban J connectivity index is 1.26. The summed E-state index contributed by atoms with van der Waals surface area (Å²) in [5, 5.41) is 7.30. The molecule has 0 amide bonds. The molecule has 1 heterocycles. The van der Waals surface area contributed by atoms with Crippen molar-refractivity contribution in [3.05, 3.63) is 151 Å². The highest BCUT2D eigenvalue weighted by molar-refractivity contribution is 6.06. The summed E-state index contributed by atoms with van der Waals surface area (Å²) in [6, 6.07) is 50.6. The van der Waals surface area contributed by atoms with E-state index in [1.54, 1.807) is 0 Å². The van der Waals surface area contributed by atoms with Gasteiger partial charge in [0.05, 0.1) is 0 Å². The molecule has 0 aliphatic heterocycles. The van der Waals surface area contributed by atoms with Crippen LogP contribution in [-0.2, 0) is 5.41 Å². The Kier molecular flexibility index (Phi) is 4.99. The lowest BCUT2D eigenvalue weighted by molar-refractivity contribution is 0.661. The summed E-state index contributed by atoms with van der Waals surface area (Å²) >= 11 is 0. The first-order valence-electron chi connectivity index (χ1n) is 14.9. The largest absolute Gasteiger partial charge is 0.456 e. The molecule has 0 radical (unpaired) electrons. The minimum atomic E-state index is -0.123. The van der Waals surface area contributed by atoms with Crippen LogP contribution >= 0.6 is 0 Å². The Morgan fingerprint density at radius 3 is 1.86 bits per heavy atom. The summed E-state index contributed by atoms with van der Waals surface area (Å²) in [5.74, 6) is 0. The first kappa shape index (κ1) is 24.3. The molecule has 2 nitrogen and oxygen atoms in total. The molecule has 7 aromatic carbocycles. The van der Waals surface area contributed by atoms with Crippen LogP contribution < -0.4 is 4.90 Å². The van der Waals surface area contributed by atoms with Crippen molar-refractivity contribution in [1.82, 2.24) is 0 Å². The van der Waals surface area contributed by atoms with E-state index < -0.39 is 0 Å². The molecule has 0 fully saturated rings. The topological polar surface area (TPSA) is 16.4 Å². The van der Waals surface area contributed by atoms with Crippen LogP contribution in [0.2, 0.25) is 0 Å². The molecule has 0 atom stereocenters. The Labute approximate surface area is 250 Å². The van der Waals surface area contributed by atoms with Gasteiger partial charge in [0.1, 0.15) is 11.2 Å². The van der Waals surface area contributed by atoms with Gasteiger partial charge in [-0.25, -0.2) is 0 Å². The number of benzene rings is 7. The van der Waals surface area contributed by atoms with Crippen LogP contribution in [0, 0.1) is 0 Å². The van der Waals surface area contributed by atoms with E-state index in [2.05, 4.69) is 146 Å². The summed E-state index contributed by atoms with van der Waals surface area (Å²) in [6.45, 7) is 4.72. The van der Waals surface area contributed by atoms with E-state index in [4.69, 9.17) is 4.42 Å². The summed E-state index contributed by atoms with van der Waals surface area (Å²) in [7, 11) is 0. The van der Waals surface area contributed by atoms with Crippen LogP contribution in [0.5, 0.6) is 0 Å². The number of furan rings is 1. The van der Waals surface area contributed by atoms with Crippen molar-refractivity contribution in [1.29, 1.82) is 0 Å². The number of hydrogen-bond donors (Lipinski definition) is 0. The van der Waals surface area contributed by atoms with Gasteiger partial charge in [0.2, 0.25) is 0 Å². The van der Waals surface area contributed by atoms with Gasteiger partial charge >= 0.3 is 0 Å². The van der Waals surface area contributed by atoms with Crippen LogP contribution in [0.4, 0.5) is 17.1 Å². The number of hydrogen-bond acceptors (Lipinski definition) is 2. The average molecular weight is 552 g/mol. The lowest BCUT2D eigenvalue weighted by Crippen LogP contribution is -2.16. The maximum Gasteiger partial charge on any atom is 0.137 e. The Morgan fingerprint density at radius 1 is 0.442 bits per heavy atom. The molecule has 43 heavy (non-hydrogen) atoms. The number of para-hydroxylation sites is 1. The molecule has 0 N–H and O–H groups in total. The van der Waals surface area contributed by atoms with Crippen molar-refractivity contribution < 1.29 is 4.42 Å². The average Bonchev–Trinajstić information content (AvgIpc) is 3.51. The number of fused-ring (bicyclic) bond motifs is 8. The van der Waals surface area contributed by atoms with E-state index >= 15 is 0 Å². The zero-order valence-corrected chi connectivity index (χ0v) is 24.1. The van der Waals surface area contributed by atoms with Crippen molar-refractivity contribution >= 4 is 60.5 Å². The lowest BCUT2D eigenvalue weighted by Gasteiger charge is -2.28. The fourth-order valence-corrected chi connectivity index (χ4v) is 7.17. The van der Waals surface area contributed by atoms with E-state index in [0.717, 1.165) is 39.0 Å². The van der Waals surface area contributed by atoms with Crippen LogP contribution in [0.25, 0.3) is 54.6 Å². The lowest BCUT2D eigenvalue weighted by atomic mass is 9.81. The van der Waals surface area contributed by atoms with E-state index in [1.807, 2.05) is 12.1 Å². The van der Waals surface area contributed by atoms with E-state index in [-0.39, 0.29) is 5.41 Å². The molecule has 0 spiro atoms. The van der Waals surface area contributed by atoms with Crippen molar-refractivity contribution in [2.75, 3.05) is 4.90 Å². The van der Waals surface area contributed by atoms with Gasteiger partial charge in [0.25, 0.3) is 0 Å². The number of anilines is 3. The van der Waals surface area contributed by atoms with E-state index in [1.165, 1.54) is 43.8 Å². The summed E-state index contributed by atoms with van der Waals surface area (Å²) < 4.78 is 6.35. The van der Waals surface area contributed by atoms with Gasteiger partial charge in [-0.05, 0) is 98.4 Å². The molecule has 0 saturated carbocycles. The second kappa shape index (κ2) is 8.83. The molecular weight excluding hydrogens is 522 g/mol. The van der Waals surface area contributed by atoms with Crippen LogP contribution in [0.15, 0.2) is 144 Å². The Morgan fingerprint density at radius 2 is 1.02 bits per heavy atom. The van der Waals surface area contributed by atoms with Gasteiger partial charge in [-0.15, -0.1) is 0 Å². The van der Waals surface area contributed by atoms with Crippen molar-refractivity contribution in [2.24, 2.45) is 0 Å². The molecule has 0 saturated heterocycles. The highest BCUT2D eigenvalue weighted by atomic mass is 16.3. The molecule has 1 aliphatic carbocycles. The molecule has 2 heteroatoms. The van der Waals surface area contributed by atoms with Crippen LogP contribution in [0.1, 0.15) is 25.0 Å². The zero-order valence-electron chi connectivity index (χ0n) is 24.1. The monoisotopic (exact) mass is 551 g/mol. The van der Waals surface area contributed by atoms with Crippen LogP contribution in [0.3, 0.4) is 0 Å². The summed E-state index contributed by atoms with van der Waals surface area (Å²) in [6.07, 6.45) is 0. The normalized spacial score (nSPS) is 13.5. The Bertz CT molecular complexity index is 2390.